The molecule has 0 spiro atoms. The van der Waals surface area contributed by atoms with Crippen LogP contribution in [0.1, 0.15) is 36.0 Å². The number of aliphatic hydroxyl groups is 2. The minimum Gasteiger partial charge on any atom is -0.388 e. The van der Waals surface area contributed by atoms with Gasteiger partial charge in [-0.15, -0.1) is 0 Å². The molecule has 3 saturated heterocycles. The molecular formula is C32H34N4O4. The van der Waals surface area contributed by atoms with E-state index in [1.165, 1.54) is 0 Å². The van der Waals surface area contributed by atoms with E-state index in [4.69, 9.17) is 4.74 Å². The summed E-state index contributed by atoms with van der Waals surface area (Å²) in [6.45, 7) is 0.764. The quantitative estimate of drug-likeness (QED) is 0.330. The lowest BCUT2D eigenvalue weighted by Crippen LogP contribution is -2.55. The highest BCUT2D eigenvalue weighted by molar-refractivity contribution is 5.80. The van der Waals surface area contributed by atoms with Crippen molar-refractivity contribution in [1.82, 2.24) is 20.0 Å². The zero-order valence-electron chi connectivity index (χ0n) is 22.3. The Labute approximate surface area is 233 Å². The van der Waals surface area contributed by atoms with Gasteiger partial charge in [0.1, 0.15) is 12.2 Å². The lowest BCUT2D eigenvalue weighted by atomic mass is 9.78. The normalized spacial score (nSPS) is 29.6. The van der Waals surface area contributed by atoms with Crippen LogP contribution in [0, 0.1) is 0 Å². The van der Waals surface area contributed by atoms with Crippen LogP contribution in [-0.4, -0.2) is 72.2 Å². The molecule has 3 aliphatic rings. The zero-order chi connectivity index (χ0) is 27.3. The first-order valence-electron chi connectivity index (χ1n) is 14.1. The molecule has 3 fully saturated rings. The SMILES string of the molecule is O=C1N(Cc2ccc3[nH]ncc3c2)[C@H](Cc2ccccc2)[C@H](O)[C@H](O)[C@]23CC[C@H]([C@H](OCc4ccccc4)C2)N13. The summed E-state index contributed by atoms with van der Waals surface area (Å²) in [6, 6.07) is 25.0. The minimum atomic E-state index is -1.11. The highest BCUT2D eigenvalue weighted by Crippen LogP contribution is 2.53. The maximum absolute atomic E-state index is 14.6. The molecule has 6 atom stereocenters. The largest absolute Gasteiger partial charge is 0.388 e. The maximum Gasteiger partial charge on any atom is 0.321 e. The predicted octanol–water partition coefficient (Wildman–Crippen LogP) is 4.02. The molecule has 3 N–H and O–H groups in total. The number of aromatic amines is 1. The lowest BCUT2D eigenvalue weighted by molar-refractivity contribution is -0.0728. The van der Waals surface area contributed by atoms with E-state index in [0.29, 0.717) is 32.4 Å². The summed E-state index contributed by atoms with van der Waals surface area (Å²) >= 11 is 0. The molecule has 2 amide bonds. The van der Waals surface area contributed by atoms with Crippen molar-refractivity contribution in [2.75, 3.05) is 0 Å². The highest BCUT2D eigenvalue weighted by atomic mass is 16.5. The molecule has 1 aromatic heterocycles. The molecule has 3 aliphatic heterocycles. The Hall–Kier alpha value is -3.72. The van der Waals surface area contributed by atoms with Crippen molar-refractivity contribution in [1.29, 1.82) is 0 Å². The number of ether oxygens (including phenoxy) is 1. The predicted molar refractivity (Wildman–Crippen MR) is 150 cm³/mol. The van der Waals surface area contributed by atoms with E-state index in [2.05, 4.69) is 10.2 Å². The van der Waals surface area contributed by atoms with E-state index >= 15 is 0 Å². The number of hydrogen-bond donors (Lipinski definition) is 3. The van der Waals surface area contributed by atoms with Gasteiger partial charge in [0.2, 0.25) is 0 Å². The minimum absolute atomic E-state index is 0.142. The summed E-state index contributed by atoms with van der Waals surface area (Å²) in [5.41, 5.74) is 3.11. The van der Waals surface area contributed by atoms with Crippen molar-refractivity contribution in [2.45, 2.75) is 74.8 Å². The van der Waals surface area contributed by atoms with Gasteiger partial charge in [-0.25, -0.2) is 4.79 Å². The van der Waals surface area contributed by atoms with Gasteiger partial charge in [0.15, 0.2) is 0 Å². The number of benzene rings is 3. The third kappa shape index (κ3) is 4.18. The first-order chi connectivity index (χ1) is 19.5. The number of carbonyl (C=O) groups is 1. The molecular weight excluding hydrogens is 504 g/mol. The summed E-state index contributed by atoms with van der Waals surface area (Å²) in [4.78, 5) is 18.2. The topological polar surface area (TPSA) is 102 Å². The van der Waals surface area contributed by atoms with Gasteiger partial charge < -0.3 is 24.7 Å². The van der Waals surface area contributed by atoms with Crippen molar-refractivity contribution in [2.24, 2.45) is 0 Å². The Kier molecular flexibility index (Phi) is 6.34. The number of nitrogens with one attached hydrogen (secondary N) is 1. The van der Waals surface area contributed by atoms with Crippen molar-refractivity contribution < 1.29 is 19.7 Å². The number of aromatic nitrogens is 2. The summed E-state index contributed by atoms with van der Waals surface area (Å²) in [5.74, 6) is 0. The average Bonchev–Trinajstić information content (AvgIpc) is 3.69. The standard InChI is InChI=1S/C32H34N4O4/c37-29-27(16-21-7-3-1-4-8-21)35(19-23-11-12-25-24(15-23)18-33-34-25)31(39)36-26-13-14-32(36,30(29)38)17-28(26)40-20-22-9-5-2-6-10-22/h1-12,15,18,26-30,37-38H,13-14,16-17,19-20H2,(H,33,34)/t26-,27-,28-,29+,30+,32+/m1/s1. The van der Waals surface area contributed by atoms with E-state index in [0.717, 1.165) is 34.0 Å². The summed E-state index contributed by atoms with van der Waals surface area (Å²) in [6.07, 6.45) is 1.73. The van der Waals surface area contributed by atoms with Crippen LogP contribution in [0.2, 0.25) is 0 Å². The fourth-order valence-electron chi connectivity index (χ4n) is 7.26. The second-order valence-electron chi connectivity index (χ2n) is 11.5. The molecule has 4 heterocycles. The summed E-state index contributed by atoms with van der Waals surface area (Å²) in [7, 11) is 0. The molecule has 8 nitrogen and oxygen atoms in total. The second kappa shape index (κ2) is 10.0. The van der Waals surface area contributed by atoms with Gasteiger partial charge in [0, 0.05) is 18.4 Å². The molecule has 40 heavy (non-hydrogen) atoms. The number of nitrogens with zero attached hydrogens (tertiary/aromatic N) is 3. The molecule has 7 rings (SSSR count). The third-order valence-electron chi connectivity index (χ3n) is 9.24. The average molecular weight is 539 g/mol. The Morgan fingerprint density at radius 3 is 2.50 bits per heavy atom. The fraction of sp³-hybridized carbons (Fsp3) is 0.375. The Balaban J connectivity index is 1.23. The van der Waals surface area contributed by atoms with Gasteiger partial charge in [0.05, 0.1) is 42.0 Å². The number of fused-ring (bicyclic) bond motifs is 1. The van der Waals surface area contributed by atoms with Gasteiger partial charge in [-0.3, -0.25) is 5.10 Å². The second-order valence-corrected chi connectivity index (χ2v) is 11.5. The molecule has 3 aromatic carbocycles. The first kappa shape index (κ1) is 25.3. The fourth-order valence-corrected chi connectivity index (χ4v) is 7.26. The third-order valence-corrected chi connectivity index (χ3v) is 9.24. The van der Waals surface area contributed by atoms with E-state index in [9.17, 15) is 15.0 Å². The molecule has 4 aromatic rings. The van der Waals surface area contributed by atoms with Gasteiger partial charge in [-0.1, -0.05) is 66.7 Å². The Bertz CT molecular complexity index is 1490. The molecule has 0 radical (unpaired) electrons. The first-order valence-corrected chi connectivity index (χ1v) is 14.1. The number of amides is 2. The van der Waals surface area contributed by atoms with Gasteiger partial charge >= 0.3 is 6.03 Å². The molecule has 0 unspecified atom stereocenters. The van der Waals surface area contributed by atoms with Crippen LogP contribution in [0.5, 0.6) is 0 Å². The van der Waals surface area contributed by atoms with Gasteiger partial charge in [-0.2, -0.15) is 5.10 Å². The smallest absolute Gasteiger partial charge is 0.321 e. The number of H-pyrrole nitrogens is 1. The van der Waals surface area contributed by atoms with Crippen LogP contribution in [0.3, 0.4) is 0 Å². The summed E-state index contributed by atoms with van der Waals surface area (Å²) < 4.78 is 6.38. The summed E-state index contributed by atoms with van der Waals surface area (Å²) in [5, 5.41) is 31.7. The number of urea groups is 1. The molecule has 8 heteroatoms. The molecule has 206 valence electrons. The van der Waals surface area contributed by atoms with Gasteiger partial charge in [0.25, 0.3) is 0 Å². The van der Waals surface area contributed by atoms with E-state index in [1.807, 2.05) is 83.8 Å². The van der Waals surface area contributed by atoms with Crippen LogP contribution in [0.15, 0.2) is 85.1 Å². The van der Waals surface area contributed by atoms with Crippen LogP contribution in [0.4, 0.5) is 4.79 Å². The highest BCUT2D eigenvalue weighted by Gasteiger charge is 2.66. The molecule has 0 aliphatic carbocycles. The number of carbonyl (C=O) groups excluding carboxylic acids is 1. The van der Waals surface area contributed by atoms with E-state index in [1.54, 1.807) is 11.1 Å². The van der Waals surface area contributed by atoms with E-state index in [-0.39, 0.29) is 18.2 Å². The van der Waals surface area contributed by atoms with Crippen LogP contribution >= 0.6 is 0 Å². The zero-order valence-corrected chi connectivity index (χ0v) is 22.3. The van der Waals surface area contributed by atoms with Crippen LogP contribution in [-0.2, 0) is 24.3 Å². The van der Waals surface area contributed by atoms with Crippen molar-refractivity contribution >= 4 is 16.9 Å². The number of aliphatic hydroxyl groups excluding tert-OH is 2. The maximum atomic E-state index is 14.6. The monoisotopic (exact) mass is 538 g/mol. The lowest BCUT2D eigenvalue weighted by Gasteiger charge is -2.38. The number of hydrogen-bond acceptors (Lipinski definition) is 5. The van der Waals surface area contributed by atoms with Crippen molar-refractivity contribution in [3.63, 3.8) is 0 Å². The molecule has 0 saturated carbocycles. The Morgan fingerprint density at radius 1 is 0.975 bits per heavy atom. The van der Waals surface area contributed by atoms with Crippen molar-refractivity contribution in [3.05, 3.63) is 102 Å². The Morgan fingerprint density at radius 2 is 1.73 bits per heavy atom. The van der Waals surface area contributed by atoms with Crippen LogP contribution in [0.25, 0.3) is 10.9 Å². The van der Waals surface area contributed by atoms with Gasteiger partial charge in [-0.05, 0) is 48.1 Å². The molecule has 2 bridgehead atoms. The van der Waals surface area contributed by atoms with Crippen LogP contribution < -0.4 is 0 Å². The number of rotatable bonds is 7. The van der Waals surface area contributed by atoms with Crippen molar-refractivity contribution in [3.8, 4) is 0 Å². The van der Waals surface area contributed by atoms with E-state index < -0.39 is 23.8 Å².